The van der Waals surface area contributed by atoms with E-state index in [1.54, 1.807) is 0 Å². The number of aromatic nitrogens is 1. The lowest BCUT2D eigenvalue weighted by Gasteiger charge is -2.08. The number of hydrazone groups is 1. The maximum atomic E-state index is 12.5. The second-order valence-electron chi connectivity index (χ2n) is 4.87. The van der Waals surface area contributed by atoms with Crippen LogP contribution in [-0.4, -0.2) is 30.4 Å². The first-order valence-corrected chi connectivity index (χ1v) is 7.42. The Balaban J connectivity index is 0.00000105. The average molecular weight is 393 g/mol. The van der Waals surface area contributed by atoms with Crippen LogP contribution in [0.1, 0.15) is 16.9 Å². The maximum Gasteiger partial charge on any atom is 0.417 e. The Bertz CT molecular complexity index is 838. The van der Waals surface area contributed by atoms with E-state index in [4.69, 9.17) is 16.0 Å². The Morgan fingerprint density at radius 2 is 1.96 bits per heavy atom. The monoisotopic (exact) mass is 392 g/mol. The number of anilines is 1. The topological polar surface area (TPSA) is 99.7 Å². The molecule has 0 aromatic carbocycles. The van der Waals surface area contributed by atoms with Gasteiger partial charge in [0.25, 0.3) is 0 Å². The Kier molecular flexibility index (Phi) is 7.59. The molecule has 0 radical (unpaired) electrons. The van der Waals surface area contributed by atoms with Crippen molar-refractivity contribution in [2.75, 3.05) is 19.5 Å². The lowest BCUT2D eigenvalue weighted by molar-refractivity contribution is -0.137. The molecule has 2 heterocycles. The van der Waals surface area contributed by atoms with Gasteiger partial charge in [0.2, 0.25) is 0 Å². The minimum Gasteiger partial charge on any atom is -0.507 e. The van der Waals surface area contributed by atoms with Crippen molar-refractivity contribution in [3.63, 3.8) is 0 Å². The van der Waals surface area contributed by atoms with Crippen molar-refractivity contribution in [2.45, 2.75) is 13.1 Å². The van der Waals surface area contributed by atoms with Gasteiger partial charge in [-0.05, 0) is 27.1 Å². The van der Waals surface area contributed by atoms with Crippen LogP contribution >= 0.6 is 11.6 Å². The molecule has 0 amide bonds. The molecule has 0 aliphatic heterocycles. The fourth-order valence-corrected chi connectivity index (χ4v) is 1.77. The molecule has 2 aromatic heterocycles. The zero-order chi connectivity index (χ0) is 19.9. The summed E-state index contributed by atoms with van der Waals surface area (Å²) >= 11 is 5.67. The van der Waals surface area contributed by atoms with Gasteiger partial charge in [-0.15, -0.1) is 0 Å². The normalized spacial score (nSPS) is 11.2. The van der Waals surface area contributed by atoms with Gasteiger partial charge in [0.1, 0.15) is 17.1 Å². The molecular weight excluding hydrogens is 377 g/mol. The molecule has 0 saturated carbocycles. The number of aryl methyl sites for hydroxylation is 1. The molecule has 0 aliphatic carbocycles. The summed E-state index contributed by atoms with van der Waals surface area (Å²) in [5.41, 5.74) is 0.221. The fraction of sp³-hybridized carbons (Fsp3) is 0.267. The van der Waals surface area contributed by atoms with Gasteiger partial charge in [-0.25, -0.2) is 9.78 Å². The number of hydrogen-bond acceptors (Lipinski definition) is 7. The number of rotatable bonds is 3. The van der Waals surface area contributed by atoms with Gasteiger partial charge in [0.15, 0.2) is 5.82 Å². The highest BCUT2D eigenvalue weighted by Crippen LogP contribution is 2.32. The Morgan fingerprint density at radius 1 is 1.35 bits per heavy atom. The van der Waals surface area contributed by atoms with Crippen LogP contribution in [0.2, 0.25) is 5.02 Å². The molecule has 0 bridgehead atoms. The van der Waals surface area contributed by atoms with Gasteiger partial charge in [0, 0.05) is 12.3 Å². The number of alkyl halides is 3. The van der Waals surface area contributed by atoms with Gasteiger partial charge in [-0.2, -0.15) is 18.3 Å². The van der Waals surface area contributed by atoms with Crippen LogP contribution in [0.15, 0.2) is 32.6 Å². The summed E-state index contributed by atoms with van der Waals surface area (Å²) in [6, 6.07) is 1.90. The van der Waals surface area contributed by atoms with Crippen molar-refractivity contribution in [2.24, 2.45) is 5.10 Å². The lowest BCUT2D eigenvalue weighted by Crippen LogP contribution is -2.09. The van der Waals surface area contributed by atoms with E-state index < -0.39 is 17.4 Å². The number of nitrogens with one attached hydrogen (secondary N) is 2. The van der Waals surface area contributed by atoms with Crippen molar-refractivity contribution in [1.82, 2.24) is 10.3 Å². The fourth-order valence-electron chi connectivity index (χ4n) is 1.56. The minimum atomic E-state index is -4.56. The van der Waals surface area contributed by atoms with Crippen LogP contribution in [0.4, 0.5) is 19.0 Å². The molecule has 26 heavy (non-hydrogen) atoms. The molecule has 0 fully saturated rings. The number of pyridine rings is 1. The molecule has 0 unspecified atom stereocenters. The molecule has 2 aromatic rings. The third-order valence-electron chi connectivity index (χ3n) is 2.62. The van der Waals surface area contributed by atoms with Crippen LogP contribution < -0.4 is 16.4 Å². The van der Waals surface area contributed by atoms with Crippen molar-refractivity contribution in [3.05, 3.63) is 50.7 Å². The first-order chi connectivity index (χ1) is 12.1. The number of aromatic hydroxyl groups is 1. The van der Waals surface area contributed by atoms with Crippen molar-refractivity contribution in [1.29, 1.82) is 0 Å². The second kappa shape index (κ2) is 9.20. The molecule has 0 aliphatic rings. The molecule has 142 valence electrons. The molecular formula is C15H16ClF3N4O3. The predicted molar refractivity (Wildman–Crippen MR) is 91.8 cm³/mol. The van der Waals surface area contributed by atoms with Crippen LogP contribution in [0.25, 0.3) is 0 Å². The first-order valence-electron chi connectivity index (χ1n) is 7.04. The standard InChI is InChI=1S/C13H9ClF3N3O3.C2H7N/c1-6-2-10(21)8(12(22)23-6)5-19-20-11-9(14)3-7(4-18-11)13(15,16)17;1-3-2/h2-5,21H,1H3,(H,18,20);3H,1-2H3/b19-5+;. The third kappa shape index (κ3) is 6.05. The average Bonchev–Trinajstić information content (AvgIpc) is 2.51. The largest absolute Gasteiger partial charge is 0.507 e. The zero-order valence-corrected chi connectivity index (χ0v) is 14.7. The van der Waals surface area contributed by atoms with E-state index in [0.29, 0.717) is 12.3 Å². The van der Waals surface area contributed by atoms with Crippen molar-refractivity contribution >= 4 is 23.6 Å². The molecule has 3 N–H and O–H groups in total. The van der Waals surface area contributed by atoms with E-state index in [1.807, 2.05) is 14.1 Å². The summed E-state index contributed by atoms with van der Waals surface area (Å²) < 4.78 is 42.2. The first kappa shape index (κ1) is 21.5. The van der Waals surface area contributed by atoms with E-state index in [1.165, 1.54) is 13.0 Å². The molecule has 0 spiro atoms. The summed E-state index contributed by atoms with van der Waals surface area (Å²) in [6.45, 7) is 1.48. The van der Waals surface area contributed by atoms with E-state index in [2.05, 4.69) is 20.8 Å². The smallest absolute Gasteiger partial charge is 0.417 e. The van der Waals surface area contributed by atoms with Gasteiger partial charge in [-0.3, -0.25) is 5.43 Å². The number of halogens is 4. The highest BCUT2D eigenvalue weighted by molar-refractivity contribution is 6.32. The summed E-state index contributed by atoms with van der Waals surface area (Å²) in [6.07, 6.45) is -3.04. The molecule has 0 atom stereocenters. The lowest BCUT2D eigenvalue weighted by atomic mass is 10.2. The van der Waals surface area contributed by atoms with E-state index in [9.17, 15) is 23.1 Å². The number of hydrogen-bond donors (Lipinski definition) is 3. The number of nitrogens with zero attached hydrogens (tertiary/aromatic N) is 2. The quantitative estimate of drug-likeness (QED) is 0.548. The summed E-state index contributed by atoms with van der Waals surface area (Å²) in [5, 5.41) is 15.6. The van der Waals surface area contributed by atoms with Gasteiger partial charge in [-0.1, -0.05) is 11.6 Å². The van der Waals surface area contributed by atoms with E-state index in [-0.39, 0.29) is 27.9 Å². The molecule has 11 heteroatoms. The van der Waals surface area contributed by atoms with Crippen molar-refractivity contribution < 1.29 is 22.7 Å². The van der Waals surface area contributed by atoms with Gasteiger partial charge >= 0.3 is 11.8 Å². The summed E-state index contributed by atoms with van der Waals surface area (Å²) in [7, 11) is 3.75. The van der Waals surface area contributed by atoms with E-state index in [0.717, 1.165) is 6.21 Å². The zero-order valence-electron chi connectivity index (χ0n) is 14.0. The van der Waals surface area contributed by atoms with Crippen LogP contribution in [0.3, 0.4) is 0 Å². The third-order valence-corrected chi connectivity index (χ3v) is 2.91. The van der Waals surface area contributed by atoms with Gasteiger partial charge < -0.3 is 14.8 Å². The highest BCUT2D eigenvalue weighted by atomic mass is 35.5. The van der Waals surface area contributed by atoms with Crippen molar-refractivity contribution in [3.8, 4) is 5.75 Å². The predicted octanol–water partition coefficient (Wildman–Crippen LogP) is 3.00. The molecule has 0 saturated heterocycles. The Hall–Kier alpha value is -2.59. The summed E-state index contributed by atoms with van der Waals surface area (Å²) in [4.78, 5) is 15.0. The van der Waals surface area contributed by atoms with Crippen LogP contribution in [0.5, 0.6) is 5.75 Å². The van der Waals surface area contributed by atoms with Crippen LogP contribution in [0, 0.1) is 6.92 Å². The highest BCUT2D eigenvalue weighted by Gasteiger charge is 2.31. The Morgan fingerprint density at radius 3 is 2.46 bits per heavy atom. The Labute approximate surface area is 151 Å². The van der Waals surface area contributed by atoms with Gasteiger partial charge in [0.05, 0.1) is 16.8 Å². The second-order valence-corrected chi connectivity index (χ2v) is 5.27. The maximum absolute atomic E-state index is 12.5. The van der Waals surface area contributed by atoms with Crippen LogP contribution in [-0.2, 0) is 6.18 Å². The van der Waals surface area contributed by atoms with E-state index >= 15 is 0 Å². The summed E-state index contributed by atoms with van der Waals surface area (Å²) in [5.74, 6) is -0.284. The molecule has 7 nitrogen and oxygen atoms in total. The molecule has 2 rings (SSSR count). The minimum absolute atomic E-state index is 0.146. The SMILES string of the molecule is CNC.Cc1cc(O)c(/C=N/Nc2ncc(C(F)(F)F)cc2Cl)c(=O)o1.